The molecule has 1 heterocycles. The average Bonchev–Trinajstić information content (AvgIpc) is 3.33. The van der Waals surface area contributed by atoms with E-state index in [0.717, 1.165) is 16.7 Å². The minimum atomic E-state index is -0.753. The van der Waals surface area contributed by atoms with E-state index in [1.54, 1.807) is 14.2 Å². The number of aryl methyl sites for hydroxylation is 1. The molecule has 0 radical (unpaired) electrons. The molecule has 8 heteroatoms. The maximum atomic E-state index is 14.3. The highest BCUT2D eigenvalue weighted by Gasteiger charge is 2.17. The monoisotopic (exact) mass is 448 g/mol. The summed E-state index contributed by atoms with van der Waals surface area (Å²) in [4.78, 5) is 16.0. The predicted octanol–water partition coefficient (Wildman–Crippen LogP) is 5.32. The van der Waals surface area contributed by atoms with Crippen molar-refractivity contribution in [1.82, 2.24) is 10.1 Å². The molecule has 0 N–H and O–H groups in total. The molecule has 0 aliphatic rings. The van der Waals surface area contributed by atoms with Crippen molar-refractivity contribution in [2.24, 2.45) is 0 Å². The van der Waals surface area contributed by atoms with E-state index in [0.29, 0.717) is 28.5 Å². The van der Waals surface area contributed by atoms with Crippen LogP contribution in [-0.4, -0.2) is 37.4 Å². The van der Waals surface area contributed by atoms with Crippen LogP contribution in [0, 0.1) is 12.7 Å². The van der Waals surface area contributed by atoms with Crippen molar-refractivity contribution in [3.63, 3.8) is 0 Å². The minimum absolute atomic E-state index is 0.162. The van der Waals surface area contributed by atoms with Gasteiger partial charge >= 0.3 is 5.97 Å². The highest BCUT2D eigenvalue weighted by Crippen LogP contribution is 2.36. The third-order valence-electron chi connectivity index (χ3n) is 5.23. The number of carbonyl (C=O) groups excluding carboxylic acids is 1. The van der Waals surface area contributed by atoms with Crippen LogP contribution in [0.4, 0.5) is 4.39 Å². The molecule has 0 bridgehead atoms. The maximum Gasteiger partial charge on any atom is 0.340 e. The number of halogens is 1. The lowest BCUT2D eigenvalue weighted by atomic mass is 9.97. The predicted molar refractivity (Wildman–Crippen MR) is 120 cm³/mol. The molecule has 3 aromatic carbocycles. The second kappa shape index (κ2) is 9.12. The quantitative estimate of drug-likeness (QED) is 0.369. The molecule has 0 fully saturated rings. The van der Waals surface area contributed by atoms with E-state index in [1.807, 2.05) is 43.3 Å². The largest absolute Gasteiger partial charge is 0.497 e. The topological polar surface area (TPSA) is 83.7 Å². The Morgan fingerprint density at radius 3 is 2.33 bits per heavy atom. The first-order valence-electron chi connectivity index (χ1n) is 10.0. The molecule has 0 atom stereocenters. The Balaban J connectivity index is 1.64. The molecule has 0 saturated heterocycles. The van der Waals surface area contributed by atoms with Gasteiger partial charge in [-0.3, -0.25) is 0 Å². The molecule has 4 rings (SSSR count). The van der Waals surface area contributed by atoms with E-state index in [-0.39, 0.29) is 11.4 Å². The summed E-state index contributed by atoms with van der Waals surface area (Å²) >= 11 is 0. The Morgan fingerprint density at radius 1 is 0.909 bits per heavy atom. The van der Waals surface area contributed by atoms with Crippen LogP contribution in [0.5, 0.6) is 11.5 Å². The highest BCUT2D eigenvalue weighted by atomic mass is 19.1. The van der Waals surface area contributed by atoms with Gasteiger partial charge in [-0.05, 0) is 60.5 Å². The van der Waals surface area contributed by atoms with E-state index >= 15 is 0 Å². The number of esters is 1. The number of ether oxygens (including phenoxy) is 3. The molecule has 0 aliphatic carbocycles. The van der Waals surface area contributed by atoms with Crippen LogP contribution in [0.1, 0.15) is 15.9 Å². The fourth-order valence-electron chi connectivity index (χ4n) is 3.51. The van der Waals surface area contributed by atoms with Crippen LogP contribution in [0.2, 0.25) is 0 Å². The van der Waals surface area contributed by atoms with Gasteiger partial charge in [-0.1, -0.05) is 11.2 Å². The number of benzene rings is 3. The Bertz CT molecular complexity index is 1330. The van der Waals surface area contributed by atoms with Crippen molar-refractivity contribution < 1.29 is 27.9 Å². The van der Waals surface area contributed by atoms with Gasteiger partial charge in [0.2, 0.25) is 5.82 Å². The van der Waals surface area contributed by atoms with Gasteiger partial charge in [0.15, 0.2) is 0 Å². The molecule has 4 aromatic rings. The number of nitrogens with zero attached hydrogens (tertiary/aromatic N) is 2. The molecular weight excluding hydrogens is 427 g/mol. The Kier molecular flexibility index (Phi) is 6.08. The fourth-order valence-corrected chi connectivity index (χ4v) is 3.51. The average molecular weight is 448 g/mol. The van der Waals surface area contributed by atoms with E-state index < -0.39 is 11.8 Å². The van der Waals surface area contributed by atoms with Crippen LogP contribution in [0.25, 0.3) is 34.0 Å². The third-order valence-corrected chi connectivity index (χ3v) is 5.23. The summed E-state index contributed by atoms with van der Waals surface area (Å²) in [6, 6.07) is 15.4. The Morgan fingerprint density at radius 2 is 1.67 bits per heavy atom. The van der Waals surface area contributed by atoms with Crippen molar-refractivity contribution in [2.75, 3.05) is 21.3 Å². The van der Waals surface area contributed by atoms with E-state index in [2.05, 4.69) is 14.9 Å². The molecule has 0 amide bonds. The normalized spacial score (nSPS) is 10.7. The van der Waals surface area contributed by atoms with Crippen LogP contribution in [0.3, 0.4) is 0 Å². The third kappa shape index (κ3) is 4.27. The lowest BCUT2D eigenvalue weighted by molar-refractivity contribution is 0.0595. The van der Waals surface area contributed by atoms with Gasteiger partial charge in [0.05, 0.1) is 26.9 Å². The molecule has 33 heavy (non-hydrogen) atoms. The summed E-state index contributed by atoms with van der Waals surface area (Å²) in [6.07, 6.45) is 0. The highest BCUT2D eigenvalue weighted by molar-refractivity contribution is 5.90. The number of carbonyl (C=O) groups is 1. The summed E-state index contributed by atoms with van der Waals surface area (Å²) in [7, 11) is 4.41. The zero-order valence-corrected chi connectivity index (χ0v) is 18.5. The molecule has 0 aliphatic heterocycles. The number of hydrogen-bond donors (Lipinski definition) is 0. The molecule has 0 saturated carbocycles. The van der Waals surface area contributed by atoms with Gasteiger partial charge < -0.3 is 18.7 Å². The first-order valence-corrected chi connectivity index (χ1v) is 10.0. The van der Waals surface area contributed by atoms with Crippen LogP contribution < -0.4 is 9.47 Å². The van der Waals surface area contributed by atoms with E-state index in [4.69, 9.17) is 14.0 Å². The number of rotatable bonds is 6. The molecule has 0 unspecified atom stereocenters. The van der Waals surface area contributed by atoms with Gasteiger partial charge in [-0.15, -0.1) is 0 Å². The standard InChI is InChI=1S/C25H21FN2O5/c1-14-11-16(6-8-18(14)19-10-7-17(30-2)13-22(19)31-3)24-27-23(28-33-24)15-5-9-20(21(26)12-15)25(29)32-4/h5-13H,1-4H3. The Labute approximate surface area is 189 Å². The molecule has 168 valence electrons. The van der Waals surface area contributed by atoms with E-state index in [1.165, 1.54) is 25.3 Å². The van der Waals surface area contributed by atoms with Crippen LogP contribution in [-0.2, 0) is 4.74 Å². The number of methoxy groups -OCH3 is 3. The summed E-state index contributed by atoms with van der Waals surface area (Å²) in [5.41, 5.74) is 3.82. The smallest absolute Gasteiger partial charge is 0.340 e. The molecule has 1 aromatic heterocycles. The second-order valence-electron chi connectivity index (χ2n) is 7.21. The van der Waals surface area contributed by atoms with Crippen molar-refractivity contribution >= 4 is 5.97 Å². The van der Waals surface area contributed by atoms with Gasteiger partial charge in [-0.25, -0.2) is 9.18 Å². The summed E-state index contributed by atoms with van der Waals surface area (Å²) in [5.74, 6) is 0.427. The second-order valence-corrected chi connectivity index (χ2v) is 7.21. The van der Waals surface area contributed by atoms with Gasteiger partial charge in [0.25, 0.3) is 5.89 Å². The maximum absolute atomic E-state index is 14.3. The summed E-state index contributed by atoms with van der Waals surface area (Å²) in [5, 5.41) is 3.95. The van der Waals surface area contributed by atoms with Crippen molar-refractivity contribution in [3.05, 3.63) is 71.5 Å². The molecule has 0 spiro atoms. The van der Waals surface area contributed by atoms with Crippen molar-refractivity contribution in [2.45, 2.75) is 6.92 Å². The van der Waals surface area contributed by atoms with Crippen molar-refractivity contribution in [3.8, 4) is 45.5 Å². The first kappa shape index (κ1) is 22.0. The minimum Gasteiger partial charge on any atom is -0.497 e. The lowest BCUT2D eigenvalue weighted by Crippen LogP contribution is -2.04. The zero-order valence-electron chi connectivity index (χ0n) is 18.5. The number of aromatic nitrogens is 2. The molecule has 7 nitrogen and oxygen atoms in total. The Hall–Kier alpha value is -4.20. The lowest BCUT2D eigenvalue weighted by Gasteiger charge is -2.13. The first-order chi connectivity index (χ1) is 15.9. The number of hydrogen-bond acceptors (Lipinski definition) is 7. The summed E-state index contributed by atoms with van der Waals surface area (Å²) < 4.78 is 35.0. The van der Waals surface area contributed by atoms with E-state index in [9.17, 15) is 9.18 Å². The zero-order chi connectivity index (χ0) is 23.5. The van der Waals surface area contributed by atoms with Gasteiger partial charge in [0, 0.05) is 22.8 Å². The SMILES string of the molecule is COC(=O)c1ccc(-c2noc(-c3ccc(-c4ccc(OC)cc4OC)c(C)c3)n2)cc1F. The van der Waals surface area contributed by atoms with Crippen LogP contribution in [0.15, 0.2) is 59.1 Å². The summed E-state index contributed by atoms with van der Waals surface area (Å²) in [6.45, 7) is 1.97. The van der Waals surface area contributed by atoms with Crippen molar-refractivity contribution in [1.29, 1.82) is 0 Å². The van der Waals surface area contributed by atoms with Gasteiger partial charge in [-0.2, -0.15) is 4.98 Å². The fraction of sp³-hybridized carbons (Fsp3) is 0.160. The van der Waals surface area contributed by atoms with Gasteiger partial charge in [0.1, 0.15) is 17.3 Å². The van der Waals surface area contributed by atoms with Crippen LogP contribution >= 0.6 is 0 Å². The molecular formula is C25H21FN2O5.